The summed E-state index contributed by atoms with van der Waals surface area (Å²) in [4.78, 5) is 24.8. The molecule has 0 bridgehead atoms. The molecule has 0 fully saturated rings. The average molecular weight is 333 g/mol. The maximum atomic E-state index is 11.9. The van der Waals surface area contributed by atoms with Crippen molar-refractivity contribution in [2.75, 3.05) is 33.9 Å². The summed E-state index contributed by atoms with van der Waals surface area (Å²) < 4.78 is 10.5. The number of likely N-dealkylation sites (N-methyl/N-ethyl adjacent to an activating group) is 1. The van der Waals surface area contributed by atoms with E-state index in [-0.39, 0.29) is 24.1 Å². The minimum atomic E-state index is -0.335. The molecule has 0 spiro atoms. The van der Waals surface area contributed by atoms with E-state index in [0.29, 0.717) is 17.8 Å². The van der Waals surface area contributed by atoms with E-state index in [0.717, 1.165) is 6.42 Å². The van der Waals surface area contributed by atoms with Gasteiger partial charge in [-0.2, -0.15) is 0 Å². The number of furan rings is 1. The van der Waals surface area contributed by atoms with Gasteiger partial charge in [-0.1, -0.05) is 0 Å². The standard InChI is InChI=1S/C12H17BrN2O4/c1-15(8-11(16)14-6-3-7-18-2)12(17)9-4-5-10(13)19-9/h4-5H,3,6-8H2,1-2H3,(H,14,16). The van der Waals surface area contributed by atoms with Crippen LogP contribution in [0.1, 0.15) is 17.0 Å². The van der Waals surface area contributed by atoms with Crippen molar-refractivity contribution in [2.45, 2.75) is 6.42 Å². The monoisotopic (exact) mass is 332 g/mol. The van der Waals surface area contributed by atoms with Crippen molar-refractivity contribution in [3.8, 4) is 0 Å². The lowest BCUT2D eigenvalue weighted by Gasteiger charge is -2.15. The molecule has 0 saturated heterocycles. The number of hydrogen-bond donors (Lipinski definition) is 1. The molecule has 6 nitrogen and oxygen atoms in total. The van der Waals surface area contributed by atoms with E-state index in [1.165, 1.54) is 4.90 Å². The van der Waals surface area contributed by atoms with Crippen LogP contribution < -0.4 is 5.32 Å². The summed E-state index contributed by atoms with van der Waals surface area (Å²) in [5, 5.41) is 2.71. The number of carbonyl (C=O) groups is 2. The summed E-state index contributed by atoms with van der Waals surface area (Å²) in [6.07, 6.45) is 0.741. The van der Waals surface area contributed by atoms with E-state index in [4.69, 9.17) is 9.15 Å². The molecule has 1 heterocycles. The second-order valence-electron chi connectivity index (χ2n) is 3.96. The molecule has 19 heavy (non-hydrogen) atoms. The summed E-state index contributed by atoms with van der Waals surface area (Å²) in [5.41, 5.74) is 0. The summed E-state index contributed by atoms with van der Waals surface area (Å²) >= 11 is 3.12. The first kappa shape index (κ1) is 15.7. The van der Waals surface area contributed by atoms with Crippen molar-refractivity contribution < 1.29 is 18.7 Å². The van der Waals surface area contributed by atoms with E-state index >= 15 is 0 Å². The molecule has 0 atom stereocenters. The van der Waals surface area contributed by atoms with Gasteiger partial charge in [0.15, 0.2) is 10.4 Å². The van der Waals surface area contributed by atoms with Gasteiger partial charge in [-0.3, -0.25) is 9.59 Å². The molecular weight excluding hydrogens is 316 g/mol. The molecule has 0 saturated carbocycles. The largest absolute Gasteiger partial charge is 0.444 e. The zero-order valence-corrected chi connectivity index (χ0v) is 12.5. The van der Waals surface area contributed by atoms with Gasteiger partial charge in [0.25, 0.3) is 5.91 Å². The molecule has 1 aromatic heterocycles. The van der Waals surface area contributed by atoms with Crippen LogP contribution in [-0.2, 0) is 9.53 Å². The van der Waals surface area contributed by atoms with Crippen LogP contribution >= 0.6 is 15.9 Å². The van der Waals surface area contributed by atoms with Crippen LogP contribution in [0.15, 0.2) is 21.2 Å². The Morgan fingerprint density at radius 2 is 2.21 bits per heavy atom. The summed E-state index contributed by atoms with van der Waals surface area (Å²) in [6.45, 7) is 1.11. The minimum absolute atomic E-state index is 0.00979. The molecule has 0 aliphatic heterocycles. The molecule has 2 amide bonds. The highest BCUT2D eigenvalue weighted by Crippen LogP contribution is 2.15. The first-order valence-electron chi connectivity index (χ1n) is 5.81. The molecule has 0 unspecified atom stereocenters. The van der Waals surface area contributed by atoms with Crippen LogP contribution in [-0.4, -0.2) is 50.6 Å². The molecule has 1 aromatic rings. The van der Waals surface area contributed by atoms with Crippen LogP contribution in [0.2, 0.25) is 0 Å². The Bertz CT molecular complexity index is 433. The van der Waals surface area contributed by atoms with Gasteiger partial charge in [0.05, 0.1) is 6.54 Å². The zero-order valence-electron chi connectivity index (χ0n) is 10.9. The highest BCUT2D eigenvalue weighted by molar-refractivity contribution is 9.10. The molecule has 0 aliphatic carbocycles. The second kappa shape index (κ2) is 7.96. The van der Waals surface area contributed by atoms with E-state index in [1.54, 1.807) is 26.3 Å². The van der Waals surface area contributed by atoms with Crippen LogP contribution in [0.25, 0.3) is 0 Å². The highest BCUT2D eigenvalue weighted by Gasteiger charge is 2.17. The molecule has 0 radical (unpaired) electrons. The van der Waals surface area contributed by atoms with Crippen LogP contribution in [0, 0.1) is 0 Å². The molecule has 1 rings (SSSR count). The lowest BCUT2D eigenvalue weighted by Crippen LogP contribution is -2.38. The quantitative estimate of drug-likeness (QED) is 0.763. The SMILES string of the molecule is COCCCNC(=O)CN(C)C(=O)c1ccc(Br)o1. The van der Waals surface area contributed by atoms with Crippen molar-refractivity contribution in [1.82, 2.24) is 10.2 Å². The molecular formula is C12H17BrN2O4. The number of nitrogens with zero attached hydrogens (tertiary/aromatic N) is 1. The van der Waals surface area contributed by atoms with E-state index in [9.17, 15) is 9.59 Å². The Morgan fingerprint density at radius 1 is 1.47 bits per heavy atom. The fraction of sp³-hybridized carbons (Fsp3) is 0.500. The van der Waals surface area contributed by atoms with Gasteiger partial charge in [-0.25, -0.2) is 0 Å². The van der Waals surface area contributed by atoms with E-state index < -0.39 is 0 Å². The van der Waals surface area contributed by atoms with Crippen molar-refractivity contribution in [1.29, 1.82) is 0 Å². The van der Waals surface area contributed by atoms with E-state index in [2.05, 4.69) is 21.2 Å². The number of halogens is 1. The van der Waals surface area contributed by atoms with Gasteiger partial charge in [0.2, 0.25) is 5.91 Å². The zero-order chi connectivity index (χ0) is 14.3. The first-order valence-corrected chi connectivity index (χ1v) is 6.60. The van der Waals surface area contributed by atoms with Gasteiger partial charge in [0, 0.05) is 27.3 Å². The fourth-order valence-corrected chi connectivity index (χ4v) is 1.71. The lowest BCUT2D eigenvalue weighted by atomic mass is 10.3. The second-order valence-corrected chi connectivity index (χ2v) is 4.74. The Morgan fingerprint density at radius 3 is 2.79 bits per heavy atom. The van der Waals surface area contributed by atoms with Gasteiger partial charge in [-0.15, -0.1) is 0 Å². The fourth-order valence-electron chi connectivity index (χ4n) is 1.40. The molecule has 7 heteroatoms. The number of methoxy groups -OCH3 is 1. The summed E-state index contributed by atoms with van der Waals surface area (Å²) in [5.74, 6) is -0.350. The first-order chi connectivity index (χ1) is 9.04. The van der Waals surface area contributed by atoms with Gasteiger partial charge in [0.1, 0.15) is 0 Å². The molecule has 0 aromatic carbocycles. The summed E-state index contributed by atoms with van der Waals surface area (Å²) in [7, 11) is 3.16. The summed E-state index contributed by atoms with van der Waals surface area (Å²) in [6, 6.07) is 3.19. The highest BCUT2D eigenvalue weighted by atomic mass is 79.9. The molecule has 106 valence electrons. The Labute approximate surface area is 120 Å². The Balaban J connectivity index is 2.35. The maximum absolute atomic E-state index is 11.9. The number of amides is 2. The van der Waals surface area contributed by atoms with E-state index in [1.807, 2.05) is 0 Å². The number of carbonyl (C=O) groups excluding carboxylic acids is 2. The predicted molar refractivity (Wildman–Crippen MR) is 72.9 cm³/mol. The third kappa shape index (κ3) is 5.44. The normalized spacial score (nSPS) is 10.3. The Hall–Kier alpha value is -1.34. The van der Waals surface area contributed by atoms with Crippen LogP contribution in [0.4, 0.5) is 0 Å². The number of rotatable bonds is 7. The number of hydrogen-bond acceptors (Lipinski definition) is 4. The number of nitrogens with one attached hydrogen (secondary N) is 1. The van der Waals surface area contributed by atoms with Crippen molar-refractivity contribution in [3.63, 3.8) is 0 Å². The number of ether oxygens (including phenoxy) is 1. The third-order valence-corrected chi connectivity index (χ3v) is 2.79. The van der Waals surface area contributed by atoms with Crippen molar-refractivity contribution in [3.05, 3.63) is 22.6 Å². The van der Waals surface area contributed by atoms with Crippen LogP contribution in [0.5, 0.6) is 0 Å². The maximum Gasteiger partial charge on any atom is 0.289 e. The molecule has 0 aliphatic rings. The van der Waals surface area contributed by atoms with Gasteiger partial charge < -0.3 is 19.4 Å². The Kier molecular flexibility index (Phi) is 6.58. The van der Waals surface area contributed by atoms with Gasteiger partial charge >= 0.3 is 0 Å². The van der Waals surface area contributed by atoms with Crippen LogP contribution in [0.3, 0.4) is 0 Å². The average Bonchev–Trinajstić information content (AvgIpc) is 2.80. The smallest absolute Gasteiger partial charge is 0.289 e. The minimum Gasteiger partial charge on any atom is -0.444 e. The van der Waals surface area contributed by atoms with Gasteiger partial charge in [-0.05, 0) is 34.5 Å². The predicted octanol–water partition coefficient (Wildman–Crippen LogP) is 1.27. The molecule has 1 N–H and O–H groups in total. The lowest BCUT2D eigenvalue weighted by molar-refractivity contribution is -0.121. The third-order valence-electron chi connectivity index (χ3n) is 2.36. The van der Waals surface area contributed by atoms with Crippen molar-refractivity contribution >= 4 is 27.7 Å². The topological polar surface area (TPSA) is 71.8 Å². The van der Waals surface area contributed by atoms with Crippen molar-refractivity contribution in [2.24, 2.45) is 0 Å².